The Morgan fingerprint density at radius 2 is 1.67 bits per heavy atom. The Morgan fingerprint density at radius 3 is 2.33 bits per heavy atom. The molecule has 0 aromatic heterocycles. The van der Waals surface area contributed by atoms with E-state index in [1.165, 1.54) is 10.8 Å². The van der Waals surface area contributed by atoms with Crippen LogP contribution in [0.3, 0.4) is 0 Å². The van der Waals surface area contributed by atoms with Gasteiger partial charge in [0.05, 0.1) is 45.7 Å². The number of aliphatic hydroxyl groups excluding tert-OH is 2. The van der Waals surface area contributed by atoms with E-state index in [9.17, 15) is 15.0 Å². The average molecular weight is 675 g/mol. The minimum atomic E-state index is -1.94. The fourth-order valence-corrected chi connectivity index (χ4v) is 12.0. The summed E-state index contributed by atoms with van der Waals surface area (Å²) in [5.41, 5.74) is 4.41. The molecule has 5 rings (SSSR count). The molecule has 2 aliphatic rings. The summed E-state index contributed by atoms with van der Waals surface area (Å²) >= 11 is 0. The van der Waals surface area contributed by atoms with Crippen LogP contribution in [0.1, 0.15) is 50.7 Å². The normalized spacial score (nSPS) is 22.5. The SMILES string of the molecule is CCOc1ccc2c(c1)CC(NCCCCO)C(=O)N2c1ccc(CC[C@@H]2O[C@H](CCO)[C@@H]([Si](C)(C)c3ccc(OC)cc3)[C@@H]2C)cc1. The number of hydrogen-bond donors (Lipinski definition) is 3. The predicted molar refractivity (Wildman–Crippen MR) is 195 cm³/mol. The number of fused-ring (bicyclic) bond motifs is 1. The van der Waals surface area contributed by atoms with Crippen LogP contribution in [0.4, 0.5) is 11.4 Å². The minimum Gasteiger partial charge on any atom is -0.497 e. The van der Waals surface area contributed by atoms with Gasteiger partial charge in [0.25, 0.3) is 0 Å². The number of nitrogens with one attached hydrogen (secondary N) is 1. The zero-order valence-corrected chi connectivity index (χ0v) is 30.3. The molecule has 1 unspecified atom stereocenters. The van der Waals surface area contributed by atoms with E-state index in [-0.39, 0.29) is 37.4 Å². The monoisotopic (exact) mass is 674 g/mol. The standard InChI is InChI=1S/C39H54N2O6Si/c1-6-46-32-16-19-35-29(25-32)26-34(40-22-7-8-23-42)39(44)41(35)30-12-9-28(10-13-30)11-20-36-27(2)38(37(47-36)21-24-43)48(4,5)33-17-14-31(45-3)15-18-33/h9-10,12-19,25,27,34,36-38,40,42-43H,6-8,11,20-24,26H2,1-5H3/t27-,34?,36+,37-,38+/m1/s1. The van der Waals surface area contributed by atoms with Crippen molar-refractivity contribution in [3.05, 3.63) is 77.9 Å². The first-order valence-corrected chi connectivity index (χ1v) is 20.7. The molecule has 48 heavy (non-hydrogen) atoms. The van der Waals surface area contributed by atoms with E-state index in [0.29, 0.717) is 43.9 Å². The first-order valence-electron chi connectivity index (χ1n) is 17.7. The van der Waals surface area contributed by atoms with Gasteiger partial charge in [-0.25, -0.2) is 0 Å². The Kier molecular flexibility index (Phi) is 12.4. The van der Waals surface area contributed by atoms with Crippen LogP contribution in [-0.4, -0.2) is 75.9 Å². The molecule has 0 aliphatic carbocycles. The summed E-state index contributed by atoms with van der Waals surface area (Å²) in [6.07, 6.45) is 4.70. The van der Waals surface area contributed by atoms with Crippen molar-refractivity contribution in [2.75, 3.05) is 38.4 Å². The zero-order chi connectivity index (χ0) is 34.3. The summed E-state index contributed by atoms with van der Waals surface area (Å²) in [6.45, 7) is 10.7. The van der Waals surface area contributed by atoms with Crippen LogP contribution in [0.2, 0.25) is 18.6 Å². The molecule has 0 radical (unpaired) electrons. The Hall–Kier alpha value is -3.21. The third-order valence-electron chi connectivity index (χ3n) is 10.4. The van der Waals surface area contributed by atoms with Gasteiger partial charge in [0, 0.05) is 18.9 Å². The number of aryl methyl sites for hydroxylation is 1. The highest BCUT2D eigenvalue weighted by Gasteiger charge is 2.50. The van der Waals surface area contributed by atoms with Crippen LogP contribution in [0.25, 0.3) is 0 Å². The summed E-state index contributed by atoms with van der Waals surface area (Å²) in [5.74, 6) is 2.07. The Balaban J connectivity index is 1.30. The molecule has 2 aliphatic heterocycles. The number of rotatable bonds is 16. The van der Waals surface area contributed by atoms with Gasteiger partial charge in [-0.05, 0) is 117 Å². The van der Waals surface area contributed by atoms with Gasteiger partial charge >= 0.3 is 0 Å². The Bertz CT molecular complexity index is 1480. The zero-order valence-electron chi connectivity index (χ0n) is 29.3. The van der Waals surface area contributed by atoms with Gasteiger partial charge in [-0.2, -0.15) is 0 Å². The van der Waals surface area contributed by atoms with Crippen molar-refractivity contribution in [1.29, 1.82) is 0 Å². The van der Waals surface area contributed by atoms with Crippen LogP contribution in [-0.2, 0) is 22.4 Å². The lowest BCUT2D eigenvalue weighted by atomic mass is 9.94. The van der Waals surface area contributed by atoms with Gasteiger partial charge < -0.3 is 29.7 Å². The number of carbonyl (C=O) groups is 1. The van der Waals surface area contributed by atoms with Crippen molar-refractivity contribution in [2.24, 2.45) is 5.92 Å². The lowest BCUT2D eigenvalue weighted by molar-refractivity contribution is -0.120. The van der Waals surface area contributed by atoms with E-state index in [2.05, 4.69) is 73.9 Å². The Morgan fingerprint density at radius 1 is 0.938 bits per heavy atom. The van der Waals surface area contributed by atoms with Crippen molar-refractivity contribution < 1.29 is 29.2 Å². The number of benzene rings is 3. The molecule has 5 atom stereocenters. The molecule has 0 bridgehead atoms. The van der Waals surface area contributed by atoms with E-state index in [1.54, 1.807) is 7.11 Å². The molecule has 8 nitrogen and oxygen atoms in total. The number of ether oxygens (including phenoxy) is 3. The van der Waals surface area contributed by atoms with Crippen molar-refractivity contribution in [3.8, 4) is 11.5 Å². The number of amides is 1. The van der Waals surface area contributed by atoms with Crippen LogP contribution in [0, 0.1) is 5.92 Å². The van der Waals surface area contributed by atoms with Gasteiger partial charge in [-0.1, -0.05) is 49.5 Å². The van der Waals surface area contributed by atoms with Crippen LogP contribution in [0.15, 0.2) is 66.7 Å². The lowest BCUT2D eigenvalue weighted by Crippen LogP contribution is -2.50. The lowest BCUT2D eigenvalue weighted by Gasteiger charge is -2.36. The molecular formula is C39H54N2O6Si. The molecule has 3 N–H and O–H groups in total. The number of anilines is 2. The smallest absolute Gasteiger partial charge is 0.249 e. The quantitative estimate of drug-likeness (QED) is 0.132. The molecule has 0 saturated carbocycles. The largest absolute Gasteiger partial charge is 0.497 e. The second-order valence-electron chi connectivity index (χ2n) is 13.8. The average Bonchev–Trinajstić information content (AvgIpc) is 3.41. The highest BCUT2D eigenvalue weighted by molar-refractivity contribution is 6.91. The summed E-state index contributed by atoms with van der Waals surface area (Å²) in [4.78, 5) is 15.7. The summed E-state index contributed by atoms with van der Waals surface area (Å²) in [5, 5.41) is 23.9. The summed E-state index contributed by atoms with van der Waals surface area (Å²) in [6, 6.07) is 22.5. The third kappa shape index (κ3) is 7.98. The van der Waals surface area contributed by atoms with Crippen molar-refractivity contribution in [3.63, 3.8) is 0 Å². The van der Waals surface area contributed by atoms with E-state index in [0.717, 1.165) is 47.7 Å². The second kappa shape index (κ2) is 16.5. The minimum absolute atomic E-state index is 0.0289. The summed E-state index contributed by atoms with van der Waals surface area (Å²) < 4.78 is 17.9. The van der Waals surface area contributed by atoms with Crippen LogP contribution >= 0.6 is 0 Å². The maximum absolute atomic E-state index is 13.9. The van der Waals surface area contributed by atoms with E-state index in [4.69, 9.17) is 14.2 Å². The first-order chi connectivity index (χ1) is 23.2. The third-order valence-corrected chi connectivity index (χ3v) is 14.8. The van der Waals surface area contributed by atoms with Crippen molar-refractivity contribution >= 4 is 30.5 Å². The first kappa shape index (κ1) is 36.1. The number of unbranched alkanes of at least 4 members (excludes halogenated alkanes) is 1. The van der Waals surface area contributed by atoms with Crippen LogP contribution in [0.5, 0.6) is 11.5 Å². The molecule has 3 aromatic carbocycles. The number of carbonyl (C=O) groups excluding carboxylic acids is 1. The van der Waals surface area contributed by atoms with E-state index in [1.807, 2.05) is 30.0 Å². The molecule has 1 saturated heterocycles. The number of methoxy groups -OCH3 is 1. The fourth-order valence-electron chi connectivity index (χ4n) is 7.88. The maximum Gasteiger partial charge on any atom is 0.249 e. The molecule has 1 fully saturated rings. The van der Waals surface area contributed by atoms with Crippen molar-refractivity contribution in [1.82, 2.24) is 5.32 Å². The topological polar surface area (TPSA) is 100 Å². The van der Waals surface area contributed by atoms with Gasteiger partial charge in [0.1, 0.15) is 11.5 Å². The highest BCUT2D eigenvalue weighted by atomic mass is 28.3. The molecule has 2 heterocycles. The van der Waals surface area contributed by atoms with Gasteiger partial charge in [0.2, 0.25) is 5.91 Å². The van der Waals surface area contributed by atoms with E-state index >= 15 is 0 Å². The van der Waals surface area contributed by atoms with Gasteiger partial charge in [-0.3, -0.25) is 9.69 Å². The maximum atomic E-state index is 13.9. The molecule has 3 aromatic rings. The van der Waals surface area contributed by atoms with Crippen molar-refractivity contribution in [2.45, 2.75) is 89.3 Å². The van der Waals surface area contributed by atoms with Gasteiger partial charge in [0.15, 0.2) is 0 Å². The van der Waals surface area contributed by atoms with Crippen LogP contribution < -0.4 is 24.9 Å². The fraction of sp³-hybridized carbons (Fsp3) is 0.513. The number of aliphatic hydroxyl groups is 2. The number of hydrogen-bond acceptors (Lipinski definition) is 7. The van der Waals surface area contributed by atoms with E-state index < -0.39 is 8.07 Å². The number of nitrogens with zero attached hydrogens (tertiary/aromatic N) is 1. The highest BCUT2D eigenvalue weighted by Crippen LogP contribution is 2.46. The van der Waals surface area contributed by atoms with Gasteiger partial charge in [-0.15, -0.1) is 0 Å². The molecule has 1 amide bonds. The molecule has 0 spiro atoms. The Labute approximate surface area is 287 Å². The molecule has 260 valence electrons. The second-order valence-corrected chi connectivity index (χ2v) is 18.5. The predicted octanol–water partition coefficient (Wildman–Crippen LogP) is 5.75. The summed E-state index contributed by atoms with van der Waals surface area (Å²) in [7, 11) is -0.242. The molecule has 9 heteroatoms. The molecular weight excluding hydrogens is 621 g/mol.